The predicted molar refractivity (Wildman–Crippen MR) is 140 cm³/mol. The molecule has 0 unspecified atom stereocenters. The van der Waals surface area contributed by atoms with Crippen molar-refractivity contribution in [2.24, 2.45) is 4.99 Å². The number of ether oxygens (including phenoxy) is 1. The van der Waals surface area contributed by atoms with Crippen LogP contribution in [-0.2, 0) is 4.79 Å². The topological polar surface area (TPSA) is 84.6 Å². The number of nitrogens with zero attached hydrogens (tertiary/aromatic N) is 5. The molecule has 1 aliphatic rings. The van der Waals surface area contributed by atoms with Crippen LogP contribution in [0.3, 0.4) is 0 Å². The van der Waals surface area contributed by atoms with E-state index < -0.39 is 12.2 Å². The highest BCUT2D eigenvalue weighted by atomic mass is 32.2. The summed E-state index contributed by atoms with van der Waals surface area (Å²) in [6.07, 6.45) is -3.30. The van der Waals surface area contributed by atoms with Gasteiger partial charge in [0.1, 0.15) is 24.6 Å². The highest BCUT2D eigenvalue weighted by Gasteiger charge is 2.32. The lowest BCUT2D eigenvalue weighted by Gasteiger charge is -2.17. The maximum absolute atomic E-state index is 14.4. The molecule has 4 aromatic rings. The molecule has 1 aromatic heterocycles. The van der Waals surface area contributed by atoms with Gasteiger partial charge in [0.05, 0.1) is 17.1 Å². The lowest BCUT2D eigenvalue weighted by Crippen LogP contribution is -2.30. The quantitative estimate of drug-likeness (QED) is 0.290. The number of hydrogen-bond acceptors (Lipinski definition) is 7. The minimum absolute atomic E-state index is 0.166. The first kappa shape index (κ1) is 26.2. The molecule has 1 saturated heterocycles. The summed E-state index contributed by atoms with van der Waals surface area (Å²) < 4.78 is 56.8. The van der Waals surface area contributed by atoms with Gasteiger partial charge in [-0.05, 0) is 73.2 Å². The number of nitrogens with one attached hydrogen (secondary N) is 1. The molecule has 5 rings (SSSR count). The fourth-order valence-electron chi connectivity index (χ4n) is 3.77. The van der Waals surface area contributed by atoms with Crippen LogP contribution in [-0.4, -0.2) is 44.6 Å². The van der Waals surface area contributed by atoms with Gasteiger partial charge in [0.2, 0.25) is 5.91 Å². The molecule has 1 amide bonds. The minimum atomic E-state index is -4.76. The van der Waals surface area contributed by atoms with Gasteiger partial charge in [-0.3, -0.25) is 9.69 Å². The minimum Gasteiger partial charge on any atom is -0.406 e. The number of anilines is 2. The molecule has 200 valence electrons. The van der Waals surface area contributed by atoms with E-state index in [-0.39, 0.29) is 29.8 Å². The van der Waals surface area contributed by atoms with E-state index in [1.165, 1.54) is 58.0 Å². The van der Waals surface area contributed by atoms with Gasteiger partial charge in [-0.2, -0.15) is 0 Å². The molecule has 39 heavy (non-hydrogen) atoms. The highest BCUT2D eigenvalue weighted by molar-refractivity contribution is 8.15. The summed E-state index contributed by atoms with van der Waals surface area (Å²) in [6.45, 7) is 1.99. The molecule has 1 aliphatic heterocycles. The zero-order chi connectivity index (χ0) is 27.6. The number of halogens is 4. The molecular formula is C26H20F4N6O2S. The lowest BCUT2D eigenvalue weighted by atomic mass is 10.2. The van der Waals surface area contributed by atoms with Crippen LogP contribution in [0.5, 0.6) is 5.75 Å². The second-order valence-corrected chi connectivity index (χ2v) is 9.32. The van der Waals surface area contributed by atoms with Crippen LogP contribution in [0.1, 0.15) is 5.56 Å². The first-order valence-electron chi connectivity index (χ1n) is 11.5. The fourth-order valence-corrected chi connectivity index (χ4v) is 4.63. The number of aliphatic imine (C=N–C) groups is 1. The summed E-state index contributed by atoms with van der Waals surface area (Å²) in [5, 5.41) is 7.95. The largest absolute Gasteiger partial charge is 0.573 e. The molecule has 13 heteroatoms. The first-order chi connectivity index (χ1) is 18.7. The molecule has 0 spiro atoms. The zero-order valence-electron chi connectivity index (χ0n) is 20.3. The number of carbonyl (C=O) groups excluding carboxylic acids is 1. The van der Waals surface area contributed by atoms with E-state index in [4.69, 9.17) is 0 Å². The Morgan fingerprint density at radius 3 is 2.54 bits per heavy atom. The van der Waals surface area contributed by atoms with Gasteiger partial charge >= 0.3 is 6.36 Å². The molecule has 8 nitrogen and oxygen atoms in total. The maximum atomic E-state index is 14.4. The second-order valence-electron chi connectivity index (χ2n) is 8.38. The van der Waals surface area contributed by atoms with E-state index in [1.807, 2.05) is 19.1 Å². The Balaban J connectivity index is 1.22. The van der Waals surface area contributed by atoms with Gasteiger partial charge in [0.15, 0.2) is 11.0 Å². The van der Waals surface area contributed by atoms with Crippen LogP contribution in [0.2, 0.25) is 0 Å². The van der Waals surface area contributed by atoms with Gasteiger partial charge < -0.3 is 10.1 Å². The third-order valence-electron chi connectivity index (χ3n) is 5.58. The Morgan fingerprint density at radius 1 is 1.08 bits per heavy atom. The van der Waals surface area contributed by atoms with Crippen molar-refractivity contribution in [3.05, 3.63) is 84.4 Å². The average Bonchev–Trinajstić information content (AvgIpc) is 3.53. The first-order valence-corrected chi connectivity index (χ1v) is 12.5. The van der Waals surface area contributed by atoms with E-state index >= 15 is 0 Å². The SMILES string of the molecule is Cc1ccc(F)c(N2C(=O)CSC2=NCNc2ccc(-c3ncn(-c4ccc(OC(F)(F)F)cc4)n3)cc2)c1. The molecule has 1 N–H and O–H groups in total. The van der Waals surface area contributed by atoms with Crippen LogP contribution in [0, 0.1) is 12.7 Å². The van der Waals surface area contributed by atoms with Crippen molar-refractivity contribution in [3.8, 4) is 22.8 Å². The van der Waals surface area contributed by atoms with E-state index in [2.05, 4.69) is 25.1 Å². The number of rotatable bonds is 7. The van der Waals surface area contributed by atoms with Crippen LogP contribution in [0.15, 0.2) is 78.0 Å². The summed E-state index contributed by atoms with van der Waals surface area (Å²) in [5.41, 5.74) is 3.02. The third kappa shape index (κ3) is 6.20. The standard InChI is InChI=1S/C26H20F4N6O2S/c1-16-2-11-21(27)22(12-16)36-23(37)13-39-25(36)32-14-31-18-5-3-17(4-6-18)24-33-15-35(34-24)19-7-9-20(10-8-19)38-26(28,29)30/h2-12,15,31H,13-14H2,1H3. The van der Waals surface area contributed by atoms with Gasteiger partial charge in [0.25, 0.3) is 0 Å². The van der Waals surface area contributed by atoms with Gasteiger partial charge in [0, 0.05) is 11.3 Å². The fraction of sp³-hybridized carbons (Fsp3) is 0.154. The average molecular weight is 557 g/mol. The van der Waals surface area contributed by atoms with Crippen molar-refractivity contribution in [1.82, 2.24) is 14.8 Å². The normalized spacial score (nSPS) is 14.7. The lowest BCUT2D eigenvalue weighted by molar-refractivity contribution is -0.274. The molecule has 1 fully saturated rings. The van der Waals surface area contributed by atoms with Gasteiger partial charge in [-0.25, -0.2) is 19.0 Å². The van der Waals surface area contributed by atoms with E-state index in [1.54, 1.807) is 24.3 Å². The zero-order valence-corrected chi connectivity index (χ0v) is 21.1. The Labute approximate surface area is 224 Å². The molecule has 0 bridgehead atoms. The van der Waals surface area contributed by atoms with Crippen LogP contribution < -0.4 is 15.0 Å². The van der Waals surface area contributed by atoms with E-state index in [0.717, 1.165) is 16.8 Å². The van der Waals surface area contributed by atoms with Crippen LogP contribution in [0.25, 0.3) is 17.1 Å². The van der Waals surface area contributed by atoms with E-state index in [0.29, 0.717) is 16.7 Å². The Bertz CT molecular complexity index is 1520. The molecular weight excluding hydrogens is 536 g/mol. The Hall–Kier alpha value is -4.39. The summed E-state index contributed by atoms with van der Waals surface area (Å²) in [4.78, 5) is 22.4. The van der Waals surface area contributed by atoms with Crippen LogP contribution in [0.4, 0.5) is 28.9 Å². The van der Waals surface area contributed by atoms with Crippen molar-refractivity contribution in [1.29, 1.82) is 0 Å². The van der Waals surface area contributed by atoms with Crippen molar-refractivity contribution < 1.29 is 27.1 Å². The Kier molecular flexibility index (Phi) is 7.24. The van der Waals surface area contributed by atoms with Crippen molar-refractivity contribution in [2.75, 3.05) is 22.6 Å². The summed E-state index contributed by atoms with van der Waals surface area (Å²) in [5.74, 6) is -0.435. The number of amides is 1. The molecule has 0 aliphatic carbocycles. The Morgan fingerprint density at radius 2 is 1.82 bits per heavy atom. The summed E-state index contributed by atoms with van der Waals surface area (Å²) in [6, 6.07) is 17.1. The van der Waals surface area contributed by atoms with Gasteiger partial charge in [-0.15, -0.1) is 18.3 Å². The van der Waals surface area contributed by atoms with Crippen molar-refractivity contribution in [2.45, 2.75) is 13.3 Å². The highest BCUT2D eigenvalue weighted by Crippen LogP contribution is 2.30. The molecule has 2 heterocycles. The number of aryl methyl sites for hydroxylation is 1. The number of benzene rings is 3. The summed E-state index contributed by atoms with van der Waals surface area (Å²) in [7, 11) is 0. The second kappa shape index (κ2) is 10.8. The molecule has 0 atom stereocenters. The van der Waals surface area contributed by atoms with E-state index in [9.17, 15) is 22.4 Å². The number of carbonyl (C=O) groups is 1. The number of hydrogen-bond donors (Lipinski definition) is 1. The smallest absolute Gasteiger partial charge is 0.406 e. The van der Waals surface area contributed by atoms with Crippen molar-refractivity contribution >= 4 is 34.2 Å². The summed E-state index contributed by atoms with van der Waals surface area (Å²) >= 11 is 1.25. The predicted octanol–water partition coefficient (Wildman–Crippen LogP) is 5.79. The maximum Gasteiger partial charge on any atom is 0.573 e. The van der Waals surface area contributed by atoms with Crippen LogP contribution >= 0.6 is 11.8 Å². The number of thioether (sulfide) groups is 1. The monoisotopic (exact) mass is 556 g/mol. The number of aromatic nitrogens is 3. The van der Waals surface area contributed by atoms with Gasteiger partial charge in [-0.1, -0.05) is 17.8 Å². The molecule has 0 saturated carbocycles. The van der Waals surface area contributed by atoms with Crippen molar-refractivity contribution in [3.63, 3.8) is 0 Å². The number of amidine groups is 1. The third-order valence-corrected chi connectivity index (χ3v) is 6.54. The molecule has 3 aromatic carbocycles. The number of alkyl halides is 3. The molecule has 0 radical (unpaired) electrons.